The predicted octanol–water partition coefficient (Wildman–Crippen LogP) is 4.32. The van der Waals surface area contributed by atoms with Gasteiger partial charge >= 0.3 is 5.97 Å². The molecule has 0 fully saturated rings. The molecule has 2 heterocycles. The number of esters is 1. The molecule has 3 rings (SSSR count). The van der Waals surface area contributed by atoms with E-state index < -0.39 is 0 Å². The fourth-order valence-electron chi connectivity index (χ4n) is 2.17. The quantitative estimate of drug-likeness (QED) is 0.529. The summed E-state index contributed by atoms with van der Waals surface area (Å²) in [5.74, 6) is 0.223. The first-order valence-corrected chi connectivity index (χ1v) is 7.90. The summed E-state index contributed by atoms with van der Waals surface area (Å²) in [6.07, 6.45) is 0. The maximum Gasteiger partial charge on any atom is 0.349 e. The van der Waals surface area contributed by atoms with Crippen molar-refractivity contribution in [3.8, 4) is 0 Å². The smallest absolute Gasteiger partial charge is 0.349 e. The molecule has 4 nitrogen and oxygen atoms in total. The SMILES string of the molecule is Cc1nc(Cl)c2c(C)c(C(=O)OCc3ccccc3)sc2n1. The number of ether oxygens (including phenoxy) is 1. The molecule has 0 aliphatic heterocycles. The molecule has 0 spiro atoms. The third-order valence-corrected chi connectivity index (χ3v) is 4.70. The van der Waals surface area contributed by atoms with Crippen LogP contribution in [0.15, 0.2) is 30.3 Å². The zero-order chi connectivity index (χ0) is 15.7. The number of aromatic nitrogens is 2. The zero-order valence-corrected chi connectivity index (χ0v) is 13.7. The summed E-state index contributed by atoms with van der Waals surface area (Å²) < 4.78 is 5.37. The van der Waals surface area contributed by atoms with E-state index >= 15 is 0 Å². The van der Waals surface area contributed by atoms with E-state index in [4.69, 9.17) is 16.3 Å². The molecular formula is C16H13ClN2O2S. The number of rotatable bonds is 3. The first-order chi connectivity index (χ1) is 10.6. The van der Waals surface area contributed by atoms with Gasteiger partial charge in [-0.1, -0.05) is 41.9 Å². The number of halogens is 1. The minimum atomic E-state index is -0.363. The number of thiophene rings is 1. The van der Waals surface area contributed by atoms with Crippen molar-refractivity contribution in [1.29, 1.82) is 0 Å². The highest BCUT2D eigenvalue weighted by atomic mass is 35.5. The van der Waals surface area contributed by atoms with Gasteiger partial charge in [0.2, 0.25) is 0 Å². The van der Waals surface area contributed by atoms with Gasteiger partial charge in [-0.05, 0) is 25.0 Å². The number of carbonyl (C=O) groups is 1. The maximum absolute atomic E-state index is 12.3. The molecule has 0 atom stereocenters. The molecule has 22 heavy (non-hydrogen) atoms. The van der Waals surface area contributed by atoms with Crippen LogP contribution in [0.2, 0.25) is 5.15 Å². The van der Waals surface area contributed by atoms with E-state index in [2.05, 4.69) is 9.97 Å². The number of aryl methyl sites for hydroxylation is 2. The molecule has 0 saturated heterocycles. The van der Waals surface area contributed by atoms with E-state index in [0.717, 1.165) is 16.5 Å². The van der Waals surface area contributed by atoms with Crippen molar-refractivity contribution in [3.63, 3.8) is 0 Å². The van der Waals surface area contributed by atoms with Crippen LogP contribution in [0, 0.1) is 13.8 Å². The molecule has 3 aromatic rings. The van der Waals surface area contributed by atoms with Crippen LogP contribution in [0.3, 0.4) is 0 Å². The first-order valence-electron chi connectivity index (χ1n) is 6.70. The van der Waals surface area contributed by atoms with Crippen molar-refractivity contribution in [2.24, 2.45) is 0 Å². The highest BCUT2D eigenvalue weighted by Crippen LogP contribution is 2.34. The molecule has 0 radical (unpaired) electrons. The summed E-state index contributed by atoms with van der Waals surface area (Å²) in [5, 5.41) is 1.10. The fraction of sp³-hybridized carbons (Fsp3) is 0.188. The Bertz CT molecular complexity index is 846. The fourth-order valence-corrected chi connectivity index (χ4v) is 3.70. The topological polar surface area (TPSA) is 52.1 Å². The Kier molecular flexibility index (Phi) is 4.09. The Hall–Kier alpha value is -1.98. The summed E-state index contributed by atoms with van der Waals surface area (Å²) in [5.41, 5.74) is 1.71. The summed E-state index contributed by atoms with van der Waals surface area (Å²) in [6, 6.07) is 9.57. The molecule has 0 bridgehead atoms. The van der Waals surface area contributed by atoms with Gasteiger partial charge in [0.25, 0.3) is 0 Å². The third kappa shape index (κ3) is 2.82. The summed E-state index contributed by atoms with van der Waals surface area (Å²) in [6.45, 7) is 3.85. The first kappa shape index (κ1) is 14.9. The van der Waals surface area contributed by atoms with Crippen LogP contribution < -0.4 is 0 Å². The predicted molar refractivity (Wildman–Crippen MR) is 87.5 cm³/mol. The van der Waals surface area contributed by atoms with Gasteiger partial charge in [-0.3, -0.25) is 0 Å². The van der Waals surface area contributed by atoms with Gasteiger partial charge in [0.05, 0.1) is 5.39 Å². The van der Waals surface area contributed by atoms with Gasteiger partial charge in [-0.2, -0.15) is 0 Å². The molecular weight excluding hydrogens is 320 g/mol. The molecule has 0 unspecified atom stereocenters. The van der Waals surface area contributed by atoms with E-state index in [1.54, 1.807) is 6.92 Å². The second-order valence-corrected chi connectivity index (χ2v) is 6.22. The highest BCUT2D eigenvalue weighted by Gasteiger charge is 2.20. The van der Waals surface area contributed by atoms with Crippen molar-refractivity contribution in [3.05, 3.63) is 57.3 Å². The normalized spacial score (nSPS) is 10.9. The number of benzene rings is 1. The van der Waals surface area contributed by atoms with E-state index in [-0.39, 0.29) is 12.6 Å². The van der Waals surface area contributed by atoms with Crippen molar-refractivity contribution in [1.82, 2.24) is 9.97 Å². The Morgan fingerprint density at radius 3 is 2.68 bits per heavy atom. The number of nitrogens with zero attached hydrogens (tertiary/aromatic N) is 2. The molecule has 0 amide bonds. The maximum atomic E-state index is 12.3. The van der Waals surface area contributed by atoms with Gasteiger partial charge in [0, 0.05) is 0 Å². The van der Waals surface area contributed by atoms with E-state index in [0.29, 0.717) is 20.7 Å². The van der Waals surface area contributed by atoms with E-state index in [9.17, 15) is 4.79 Å². The lowest BCUT2D eigenvalue weighted by molar-refractivity contribution is 0.0478. The standard InChI is InChI=1S/C16H13ClN2O2S/c1-9-12-14(17)18-10(2)19-15(12)22-13(9)16(20)21-8-11-6-4-3-5-7-11/h3-7H,8H2,1-2H3. The van der Waals surface area contributed by atoms with E-state index in [1.807, 2.05) is 37.3 Å². The second-order valence-electron chi connectivity index (χ2n) is 4.86. The summed E-state index contributed by atoms with van der Waals surface area (Å²) in [4.78, 5) is 22.0. The van der Waals surface area contributed by atoms with Crippen molar-refractivity contribution in [2.75, 3.05) is 0 Å². The number of fused-ring (bicyclic) bond motifs is 1. The monoisotopic (exact) mass is 332 g/mol. The van der Waals surface area contributed by atoms with Crippen LogP contribution in [-0.4, -0.2) is 15.9 Å². The molecule has 0 saturated carbocycles. The Balaban J connectivity index is 1.88. The summed E-state index contributed by atoms with van der Waals surface area (Å²) >= 11 is 7.45. The minimum absolute atomic E-state index is 0.242. The largest absolute Gasteiger partial charge is 0.457 e. The van der Waals surface area contributed by atoms with E-state index in [1.165, 1.54) is 11.3 Å². The summed E-state index contributed by atoms with van der Waals surface area (Å²) in [7, 11) is 0. The highest BCUT2D eigenvalue weighted by molar-refractivity contribution is 7.20. The van der Waals surface area contributed by atoms with Gasteiger partial charge < -0.3 is 4.74 Å². The Morgan fingerprint density at radius 1 is 1.23 bits per heavy atom. The second kappa shape index (κ2) is 6.02. The van der Waals surface area contributed by atoms with Gasteiger partial charge in [-0.15, -0.1) is 11.3 Å². The molecule has 112 valence electrons. The lowest BCUT2D eigenvalue weighted by Gasteiger charge is -2.04. The molecule has 6 heteroatoms. The minimum Gasteiger partial charge on any atom is -0.457 e. The van der Waals surface area contributed by atoms with Crippen molar-refractivity contribution >= 4 is 39.1 Å². The van der Waals surface area contributed by atoms with Gasteiger partial charge in [-0.25, -0.2) is 14.8 Å². The molecule has 0 aliphatic rings. The molecule has 0 N–H and O–H groups in total. The van der Waals surface area contributed by atoms with Crippen LogP contribution in [0.25, 0.3) is 10.2 Å². The number of carbonyl (C=O) groups excluding carboxylic acids is 1. The lowest BCUT2D eigenvalue weighted by atomic mass is 10.2. The van der Waals surface area contributed by atoms with Crippen molar-refractivity contribution in [2.45, 2.75) is 20.5 Å². The number of hydrogen-bond donors (Lipinski definition) is 0. The number of hydrogen-bond acceptors (Lipinski definition) is 5. The van der Waals surface area contributed by atoms with Crippen molar-refractivity contribution < 1.29 is 9.53 Å². The average molecular weight is 333 g/mol. The van der Waals surface area contributed by atoms with Gasteiger partial charge in [0.1, 0.15) is 27.3 Å². The molecule has 1 aromatic carbocycles. The molecule has 2 aromatic heterocycles. The lowest BCUT2D eigenvalue weighted by Crippen LogP contribution is -2.04. The van der Waals surface area contributed by atoms with Crippen LogP contribution in [-0.2, 0) is 11.3 Å². The average Bonchev–Trinajstić information content (AvgIpc) is 2.83. The third-order valence-electron chi connectivity index (χ3n) is 3.26. The van der Waals surface area contributed by atoms with Crippen LogP contribution in [0.4, 0.5) is 0 Å². The Labute approximate surface area is 136 Å². The van der Waals surface area contributed by atoms with Crippen LogP contribution >= 0.6 is 22.9 Å². The van der Waals surface area contributed by atoms with Crippen LogP contribution in [0.1, 0.15) is 26.6 Å². The zero-order valence-electron chi connectivity index (χ0n) is 12.1. The Morgan fingerprint density at radius 2 is 1.95 bits per heavy atom. The molecule has 0 aliphatic carbocycles. The van der Waals surface area contributed by atoms with Crippen LogP contribution in [0.5, 0.6) is 0 Å². The van der Waals surface area contributed by atoms with Gasteiger partial charge in [0.15, 0.2) is 0 Å².